The lowest BCUT2D eigenvalue weighted by molar-refractivity contribution is 0.370. The molecule has 1 aliphatic carbocycles. The molecule has 1 aliphatic rings. The van der Waals surface area contributed by atoms with E-state index in [9.17, 15) is 0 Å². The number of hydrogen-bond donors (Lipinski definition) is 0. The Morgan fingerprint density at radius 1 is 1.36 bits per heavy atom. The third kappa shape index (κ3) is 2.26. The molecule has 0 N–H and O–H groups in total. The van der Waals surface area contributed by atoms with Gasteiger partial charge < -0.3 is 0 Å². The minimum atomic E-state index is 0.737. The Bertz CT molecular complexity index is 149. The molecule has 1 fully saturated rings. The van der Waals surface area contributed by atoms with Crippen LogP contribution in [0, 0.1) is 17.8 Å². The molecule has 0 aromatic carbocycles. The monoisotopic (exact) mass is 170 g/mol. The summed E-state index contributed by atoms with van der Waals surface area (Å²) in [6, 6.07) is 0. The second-order valence-corrected chi connectivity index (χ2v) is 4.73. The van der Waals surface area contributed by atoms with Crippen LogP contribution in [0.25, 0.3) is 0 Å². The fraction of sp³-hybridized carbons (Fsp3) is 0.900. The summed E-state index contributed by atoms with van der Waals surface area (Å²) in [5, 5.41) is 0. The van der Waals surface area contributed by atoms with Gasteiger partial charge in [0.15, 0.2) is 0 Å². The molecule has 1 heteroatoms. The first-order chi connectivity index (χ1) is 5.11. The second-order valence-electron chi connectivity index (χ2n) is 4.20. The molecular weight excluding hydrogens is 152 g/mol. The van der Waals surface area contributed by atoms with E-state index in [-0.39, 0.29) is 0 Å². The lowest BCUT2D eigenvalue weighted by Gasteiger charge is -2.29. The number of thiocarbonyl (C=S) groups is 1. The first kappa shape index (κ1) is 9.18. The topological polar surface area (TPSA) is 0 Å². The van der Waals surface area contributed by atoms with Crippen LogP contribution in [0.15, 0.2) is 0 Å². The van der Waals surface area contributed by atoms with Gasteiger partial charge in [0.05, 0.1) is 0 Å². The van der Waals surface area contributed by atoms with Gasteiger partial charge in [-0.1, -0.05) is 33.0 Å². The highest BCUT2D eigenvalue weighted by Crippen LogP contribution is 2.31. The lowest BCUT2D eigenvalue weighted by atomic mass is 9.77. The van der Waals surface area contributed by atoms with Crippen LogP contribution in [-0.2, 0) is 0 Å². The van der Waals surface area contributed by atoms with Crippen LogP contribution in [0.3, 0.4) is 0 Å². The minimum absolute atomic E-state index is 0.737. The molecule has 1 saturated carbocycles. The van der Waals surface area contributed by atoms with Crippen LogP contribution in [0.2, 0.25) is 0 Å². The Balaban J connectivity index is 2.51. The highest BCUT2D eigenvalue weighted by atomic mass is 32.1. The van der Waals surface area contributed by atoms with Crippen molar-refractivity contribution in [1.29, 1.82) is 0 Å². The van der Waals surface area contributed by atoms with Crippen molar-refractivity contribution in [2.75, 3.05) is 0 Å². The molecule has 0 heterocycles. The van der Waals surface area contributed by atoms with Crippen molar-refractivity contribution in [3.8, 4) is 0 Å². The van der Waals surface area contributed by atoms with Gasteiger partial charge in [0.2, 0.25) is 0 Å². The number of hydrogen-bond acceptors (Lipinski definition) is 1. The lowest BCUT2D eigenvalue weighted by Crippen LogP contribution is -2.25. The first-order valence-corrected chi connectivity index (χ1v) is 5.04. The molecule has 0 unspecified atom stereocenters. The summed E-state index contributed by atoms with van der Waals surface area (Å²) in [6.07, 6.45) is 3.90. The standard InChI is InChI=1S/C10H18S/c1-7(2)9-5-4-8(3)6-10(9)11/h7-9H,4-6H2,1-3H3/t8-,9+/m0/s1. The third-order valence-electron chi connectivity index (χ3n) is 2.74. The molecule has 64 valence electrons. The van der Waals surface area contributed by atoms with Crippen LogP contribution in [-0.4, -0.2) is 4.86 Å². The second kappa shape index (κ2) is 3.66. The summed E-state index contributed by atoms with van der Waals surface area (Å²) in [6.45, 7) is 6.88. The first-order valence-electron chi connectivity index (χ1n) is 4.64. The van der Waals surface area contributed by atoms with E-state index in [1.807, 2.05) is 0 Å². The summed E-state index contributed by atoms with van der Waals surface area (Å²) in [7, 11) is 0. The Kier molecular flexibility index (Phi) is 3.06. The molecule has 0 saturated heterocycles. The molecule has 0 amide bonds. The average Bonchev–Trinajstić information content (AvgIpc) is 1.85. The van der Waals surface area contributed by atoms with Gasteiger partial charge in [-0.15, -0.1) is 0 Å². The van der Waals surface area contributed by atoms with E-state index in [4.69, 9.17) is 12.2 Å². The highest BCUT2D eigenvalue weighted by Gasteiger charge is 2.24. The SMILES string of the molecule is CC(C)[C@H]1CC[C@H](C)CC1=S. The molecule has 2 atom stereocenters. The van der Waals surface area contributed by atoms with Gasteiger partial charge in [-0.25, -0.2) is 0 Å². The quantitative estimate of drug-likeness (QED) is 0.543. The van der Waals surface area contributed by atoms with Crippen molar-refractivity contribution in [2.24, 2.45) is 17.8 Å². The summed E-state index contributed by atoms with van der Waals surface area (Å²) < 4.78 is 0. The summed E-state index contributed by atoms with van der Waals surface area (Å²) in [5.41, 5.74) is 0. The third-order valence-corrected chi connectivity index (χ3v) is 3.21. The fourth-order valence-corrected chi connectivity index (χ4v) is 2.60. The summed E-state index contributed by atoms with van der Waals surface area (Å²) >= 11 is 5.38. The molecule has 0 nitrogen and oxygen atoms in total. The van der Waals surface area contributed by atoms with Crippen LogP contribution in [0.4, 0.5) is 0 Å². The van der Waals surface area contributed by atoms with Gasteiger partial charge in [-0.05, 0) is 41.9 Å². The maximum Gasteiger partial charge on any atom is -0.00354 e. The van der Waals surface area contributed by atoms with Gasteiger partial charge in [-0.3, -0.25) is 0 Å². The Labute approximate surface area is 75.4 Å². The molecule has 0 aromatic rings. The zero-order valence-corrected chi connectivity index (χ0v) is 8.58. The largest absolute Gasteiger partial charge is 0.0894 e. The van der Waals surface area contributed by atoms with E-state index in [1.54, 1.807) is 0 Å². The molecule has 0 bridgehead atoms. The maximum atomic E-state index is 5.38. The number of rotatable bonds is 1. The smallest absolute Gasteiger partial charge is 0.00354 e. The molecule has 0 aromatic heterocycles. The van der Waals surface area contributed by atoms with E-state index < -0.39 is 0 Å². The molecular formula is C10H18S. The predicted molar refractivity (Wildman–Crippen MR) is 53.9 cm³/mol. The molecule has 0 radical (unpaired) electrons. The summed E-state index contributed by atoms with van der Waals surface area (Å²) in [5.74, 6) is 2.34. The molecule has 11 heavy (non-hydrogen) atoms. The average molecular weight is 170 g/mol. The summed E-state index contributed by atoms with van der Waals surface area (Å²) in [4.78, 5) is 1.33. The molecule has 1 rings (SSSR count). The van der Waals surface area contributed by atoms with Crippen LogP contribution < -0.4 is 0 Å². The highest BCUT2D eigenvalue weighted by molar-refractivity contribution is 7.80. The Morgan fingerprint density at radius 3 is 2.45 bits per heavy atom. The molecule has 0 aliphatic heterocycles. The zero-order valence-electron chi connectivity index (χ0n) is 7.76. The minimum Gasteiger partial charge on any atom is -0.0894 e. The van der Waals surface area contributed by atoms with Crippen LogP contribution in [0.1, 0.15) is 40.0 Å². The van der Waals surface area contributed by atoms with Crippen molar-refractivity contribution >= 4 is 17.1 Å². The Hall–Kier alpha value is 0.0900. The van der Waals surface area contributed by atoms with E-state index >= 15 is 0 Å². The van der Waals surface area contributed by atoms with Gasteiger partial charge in [0.1, 0.15) is 0 Å². The van der Waals surface area contributed by atoms with E-state index in [1.165, 1.54) is 24.1 Å². The maximum absolute atomic E-state index is 5.38. The van der Waals surface area contributed by atoms with Gasteiger partial charge in [0.25, 0.3) is 0 Å². The normalized spacial score (nSPS) is 32.9. The fourth-order valence-electron chi connectivity index (χ4n) is 1.93. The van der Waals surface area contributed by atoms with Crippen molar-refractivity contribution in [3.05, 3.63) is 0 Å². The van der Waals surface area contributed by atoms with E-state index in [0.29, 0.717) is 0 Å². The van der Waals surface area contributed by atoms with Crippen molar-refractivity contribution in [3.63, 3.8) is 0 Å². The van der Waals surface area contributed by atoms with E-state index in [0.717, 1.165) is 17.8 Å². The van der Waals surface area contributed by atoms with Crippen molar-refractivity contribution < 1.29 is 0 Å². The van der Waals surface area contributed by atoms with Gasteiger partial charge in [-0.2, -0.15) is 0 Å². The predicted octanol–water partition coefficient (Wildman–Crippen LogP) is 3.45. The van der Waals surface area contributed by atoms with Crippen LogP contribution >= 0.6 is 12.2 Å². The Morgan fingerprint density at radius 2 is 2.00 bits per heavy atom. The van der Waals surface area contributed by atoms with Gasteiger partial charge >= 0.3 is 0 Å². The van der Waals surface area contributed by atoms with Gasteiger partial charge in [0, 0.05) is 0 Å². The van der Waals surface area contributed by atoms with E-state index in [2.05, 4.69) is 20.8 Å². The van der Waals surface area contributed by atoms with Crippen molar-refractivity contribution in [2.45, 2.75) is 40.0 Å². The zero-order chi connectivity index (χ0) is 8.43. The molecule has 0 spiro atoms. The van der Waals surface area contributed by atoms with Crippen LogP contribution in [0.5, 0.6) is 0 Å². The van der Waals surface area contributed by atoms with Crippen molar-refractivity contribution in [1.82, 2.24) is 0 Å².